The highest BCUT2D eigenvalue weighted by atomic mass is 16.3. The standard InChI is InChI=1S/C12H23NO2/c1-2-11-5-3-8-13(9-7-11)12(15)6-4-10-14/h11,14H,2-10H2,1H3. The molecule has 1 aliphatic heterocycles. The molecule has 3 nitrogen and oxygen atoms in total. The van der Waals surface area contributed by atoms with Crippen LogP contribution in [-0.4, -0.2) is 35.6 Å². The van der Waals surface area contributed by atoms with Gasteiger partial charge in [0.25, 0.3) is 0 Å². The second-order valence-corrected chi connectivity index (χ2v) is 4.41. The Morgan fingerprint density at radius 3 is 2.87 bits per heavy atom. The smallest absolute Gasteiger partial charge is 0.222 e. The molecule has 1 amide bonds. The number of carbonyl (C=O) groups excluding carboxylic acids is 1. The first-order valence-electron chi connectivity index (χ1n) is 6.16. The van der Waals surface area contributed by atoms with Gasteiger partial charge in [-0.1, -0.05) is 13.3 Å². The summed E-state index contributed by atoms with van der Waals surface area (Å²) >= 11 is 0. The summed E-state index contributed by atoms with van der Waals surface area (Å²) in [6.45, 7) is 4.19. The Hall–Kier alpha value is -0.570. The molecule has 1 aliphatic rings. The molecule has 1 heterocycles. The number of aliphatic hydroxyl groups is 1. The lowest BCUT2D eigenvalue weighted by atomic mass is 9.98. The molecule has 0 saturated carbocycles. The zero-order valence-electron chi connectivity index (χ0n) is 9.74. The second kappa shape index (κ2) is 6.83. The van der Waals surface area contributed by atoms with Gasteiger partial charge in [-0.15, -0.1) is 0 Å². The van der Waals surface area contributed by atoms with Crippen LogP contribution < -0.4 is 0 Å². The van der Waals surface area contributed by atoms with Crippen molar-refractivity contribution in [3.63, 3.8) is 0 Å². The summed E-state index contributed by atoms with van der Waals surface area (Å²) in [5.74, 6) is 1.03. The summed E-state index contributed by atoms with van der Waals surface area (Å²) in [4.78, 5) is 13.7. The summed E-state index contributed by atoms with van der Waals surface area (Å²) in [5.41, 5.74) is 0. The first kappa shape index (κ1) is 12.5. The summed E-state index contributed by atoms with van der Waals surface area (Å²) in [5, 5.41) is 8.68. The van der Waals surface area contributed by atoms with E-state index >= 15 is 0 Å². The number of likely N-dealkylation sites (tertiary alicyclic amines) is 1. The van der Waals surface area contributed by atoms with Gasteiger partial charge in [0.1, 0.15) is 0 Å². The molecule has 88 valence electrons. The first-order valence-corrected chi connectivity index (χ1v) is 6.16. The SMILES string of the molecule is CCC1CCCN(C(=O)CCCO)CC1. The van der Waals surface area contributed by atoms with Crippen LogP contribution in [0.5, 0.6) is 0 Å². The van der Waals surface area contributed by atoms with Gasteiger partial charge < -0.3 is 10.0 Å². The molecule has 1 atom stereocenters. The van der Waals surface area contributed by atoms with Gasteiger partial charge in [0.15, 0.2) is 0 Å². The summed E-state index contributed by atoms with van der Waals surface area (Å²) in [6.07, 6.45) is 5.91. The van der Waals surface area contributed by atoms with Crippen LogP contribution in [0.15, 0.2) is 0 Å². The minimum atomic E-state index is 0.122. The molecule has 0 aliphatic carbocycles. The lowest BCUT2D eigenvalue weighted by Crippen LogP contribution is -2.31. The van der Waals surface area contributed by atoms with E-state index in [4.69, 9.17) is 5.11 Å². The van der Waals surface area contributed by atoms with E-state index in [2.05, 4.69) is 6.92 Å². The maximum absolute atomic E-state index is 11.7. The minimum Gasteiger partial charge on any atom is -0.396 e. The van der Waals surface area contributed by atoms with Crippen molar-refractivity contribution in [1.82, 2.24) is 4.90 Å². The topological polar surface area (TPSA) is 40.5 Å². The van der Waals surface area contributed by atoms with Crippen molar-refractivity contribution in [2.24, 2.45) is 5.92 Å². The van der Waals surface area contributed by atoms with Crippen LogP contribution in [-0.2, 0) is 4.79 Å². The monoisotopic (exact) mass is 213 g/mol. The summed E-state index contributed by atoms with van der Waals surface area (Å²) in [7, 11) is 0. The Labute approximate surface area is 92.5 Å². The largest absolute Gasteiger partial charge is 0.396 e. The molecule has 1 N–H and O–H groups in total. The molecule has 0 bridgehead atoms. The first-order chi connectivity index (χ1) is 7.27. The predicted molar refractivity (Wildman–Crippen MR) is 60.5 cm³/mol. The van der Waals surface area contributed by atoms with Crippen LogP contribution in [0.2, 0.25) is 0 Å². The van der Waals surface area contributed by atoms with Gasteiger partial charge in [0.05, 0.1) is 0 Å². The normalized spacial score (nSPS) is 22.5. The fraction of sp³-hybridized carbons (Fsp3) is 0.917. The predicted octanol–water partition coefficient (Wildman–Crippen LogP) is 1.80. The van der Waals surface area contributed by atoms with Crippen LogP contribution in [0.1, 0.15) is 45.4 Å². The quantitative estimate of drug-likeness (QED) is 0.773. The van der Waals surface area contributed by atoms with Gasteiger partial charge in [-0.25, -0.2) is 0 Å². The van der Waals surface area contributed by atoms with E-state index in [9.17, 15) is 4.79 Å². The molecule has 0 aromatic carbocycles. The van der Waals surface area contributed by atoms with Crippen molar-refractivity contribution in [2.75, 3.05) is 19.7 Å². The van der Waals surface area contributed by atoms with Crippen LogP contribution >= 0.6 is 0 Å². The van der Waals surface area contributed by atoms with Crippen LogP contribution in [0.25, 0.3) is 0 Å². The zero-order chi connectivity index (χ0) is 11.1. The van der Waals surface area contributed by atoms with E-state index in [0.29, 0.717) is 12.8 Å². The molecular weight excluding hydrogens is 190 g/mol. The molecule has 1 fully saturated rings. The average molecular weight is 213 g/mol. The minimum absolute atomic E-state index is 0.122. The van der Waals surface area contributed by atoms with E-state index in [1.54, 1.807) is 0 Å². The number of hydrogen-bond donors (Lipinski definition) is 1. The lowest BCUT2D eigenvalue weighted by Gasteiger charge is -2.20. The molecule has 3 heteroatoms. The summed E-state index contributed by atoms with van der Waals surface area (Å²) < 4.78 is 0. The number of hydrogen-bond acceptors (Lipinski definition) is 2. The third-order valence-corrected chi connectivity index (χ3v) is 3.33. The molecule has 0 radical (unpaired) electrons. The number of amides is 1. The average Bonchev–Trinajstić information content (AvgIpc) is 2.50. The molecule has 15 heavy (non-hydrogen) atoms. The molecule has 0 spiro atoms. The third-order valence-electron chi connectivity index (χ3n) is 3.33. The molecule has 0 aromatic heterocycles. The van der Waals surface area contributed by atoms with Crippen LogP contribution in [0.3, 0.4) is 0 Å². The van der Waals surface area contributed by atoms with Crippen molar-refractivity contribution in [1.29, 1.82) is 0 Å². The molecule has 0 aromatic rings. The maximum Gasteiger partial charge on any atom is 0.222 e. The van der Waals surface area contributed by atoms with Crippen LogP contribution in [0, 0.1) is 5.92 Å². The van der Waals surface area contributed by atoms with Gasteiger partial charge in [-0.3, -0.25) is 4.79 Å². The fourth-order valence-corrected chi connectivity index (χ4v) is 2.21. The molecule has 1 saturated heterocycles. The molecular formula is C12H23NO2. The van der Waals surface area contributed by atoms with E-state index in [0.717, 1.165) is 31.8 Å². The maximum atomic E-state index is 11.7. The Bertz CT molecular complexity index is 194. The van der Waals surface area contributed by atoms with Crippen molar-refractivity contribution < 1.29 is 9.90 Å². The van der Waals surface area contributed by atoms with Crippen molar-refractivity contribution in [3.8, 4) is 0 Å². The van der Waals surface area contributed by atoms with Crippen molar-refractivity contribution in [3.05, 3.63) is 0 Å². The summed E-state index contributed by atoms with van der Waals surface area (Å²) in [6, 6.07) is 0. The van der Waals surface area contributed by atoms with E-state index in [1.807, 2.05) is 4.90 Å². The molecule has 1 rings (SSSR count). The van der Waals surface area contributed by atoms with Crippen molar-refractivity contribution >= 4 is 5.91 Å². The van der Waals surface area contributed by atoms with E-state index < -0.39 is 0 Å². The fourth-order valence-electron chi connectivity index (χ4n) is 2.21. The lowest BCUT2D eigenvalue weighted by molar-refractivity contribution is -0.131. The number of rotatable bonds is 4. The van der Waals surface area contributed by atoms with Crippen molar-refractivity contribution in [2.45, 2.75) is 45.4 Å². The van der Waals surface area contributed by atoms with Gasteiger partial charge >= 0.3 is 0 Å². The van der Waals surface area contributed by atoms with Gasteiger partial charge in [0, 0.05) is 26.1 Å². The van der Waals surface area contributed by atoms with E-state index in [-0.39, 0.29) is 12.5 Å². The highest BCUT2D eigenvalue weighted by Crippen LogP contribution is 2.20. The van der Waals surface area contributed by atoms with Gasteiger partial charge in [-0.05, 0) is 31.6 Å². The Morgan fingerprint density at radius 1 is 1.40 bits per heavy atom. The number of carbonyl (C=O) groups is 1. The highest BCUT2D eigenvalue weighted by Gasteiger charge is 2.18. The second-order valence-electron chi connectivity index (χ2n) is 4.41. The number of nitrogens with zero attached hydrogens (tertiary/aromatic N) is 1. The third kappa shape index (κ3) is 4.20. The number of aliphatic hydroxyl groups excluding tert-OH is 1. The van der Waals surface area contributed by atoms with E-state index in [1.165, 1.54) is 12.8 Å². The highest BCUT2D eigenvalue weighted by molar-refractivity contribution is 5.76. The molecule has 1 unspecified atom stereocenters. The van der Waals surface area contributed by atoms with Gasteiger partial charge in [0.2, 0.25) is 5.91 Å². The zero-order valence-corrected chi connectivity index (χ0v) is 9.74. The Kier molecular flexibility index (Phi) is 5.69. The Morgan fingerprint density at radius 2 is 2.20 bits per heavy atom. The Balaban J connectivity index is 2.32. The van der Waals surface area contributed by atoms with Gasteiger partial charge in [-0.2, -0.15) is 0 Å². The van der Waals surface area contributed by atoms with Crippen LogP contribution in [0.4, 0.5) is 0 Å².